The molecule has 0 amide bonds. The summed E-state index contributed by atoms with van der Waals surface area (Å²) in [4.78, 5) is 0. The minimum Gasteiger partial charge on any atom is -0.396 e. The third-order valence-corrected chi connectivity index (χ3v) is 3.13. The molecule has 0 aliphatic rings. The van der Waals surface area contributed by atoms with Crippen LogP contribution in [0.15, 0.2) is 0 Å². The van der Waals surface area contributed by atoms with E-state index >= 15 is 0 Å². The van der Waals surface area contributed by atoms with Crippen LogP contribution in [0.1, 0.15) is 60.3 Å². The molecule has 0 rings (SSSR count). The van der Waals surface area contributed by atoms with Gasteiger partial charge in [0.15, 0.2) is 0 Å². The predicted octanol–water partition coefficient (Wildman–Crippen LogP) is 3.20. The van der Waals surface area contributed by atoms with E-state index in [1.807, 2.05) is 0 Å². The normalized spacial score (nSPS) is 14.4. The first-order chi connectivity index (χ1) is 7.37. The number of rotatable bonds is 9. The smallest absolute Gasteiger partial charge is 0.0482 e. The van der Waals surface area contributed by atoms with Gasteiger partial charge in [0.2, 0.25) is 0 Å². The number of aliphatic hydroxyl groups excluding tert-OH is 1. The first-order valence-corrected chi connectivity index (χ1v) is 6.71. The largest absolute Gasteiger partial charge is 0.396 e. The van der Waals surface area contributed by atoms with Crippen LogP contribution in [0.2, 0.25) is 0 Å². The zero-order valence-electron chi connectivity index (χ0n) is 11.8. The van der Waals surface area contributed by atoms with Gasteiger partial charge in [-0.25, -0.2) is 0 Å². The van der Waals surface area contributed by atoms with Gasteiger partial charge in [0.05, 0.1) is 0 Å². The Kier molecular flexibility index (Phi) is 8.04. The third-order valence-electron chi connectivity index (χ3n) is 3.13. The van der Waals surface area contributed by atoms with E-state index in [0.29, 0.717) is 6.04 Å². The quantitative estimate of drug-likeness (QED) is 0.595. The minimum absolute atomic E-state index is 0.0862. The Hall–Kier alpha value is -0.0800. The molecule has 0 saturated carbocycles. The fraction of sp³-hybridized carbons (Fsp3) is 1.00. The van der Waals surface area contributed by atoms with Gasteiger partial charge in [-0.05, 0) is 50.5 Å². The highest BCUT2D eigenvalue weighted by molar-refractivity contribution is 4.68. The molecule has 0 fully saturated rings. The first-order valence-electron chi connectivity index (χ1n) is 6.71. The molecule has 0 aromatic heterocycles. The number of hydrogen-bond donors (Lipinski definition) is 2. The molecule has 1 atom stereocenters. The van der Waals surface area contributed by atoms with Gasteiger partial charge in [-0.3, -0.25) is 0 Å². The van der Waals surface area contributed by atoms with Crippen molar-refractivity contribution >= 4 is 0 Å². The predicted molar refractivity (Wildman–Crippen MR) is 71.6 cm³/mol. The average Bonchev–Trinajstić information content (AvgIpc) is 2.21. The zero-order valence-corrected chi connectivity index (χ0v) is 11.8. The van der Waals surface area contributed by atoms with Crippen molar-refractivity contribution in [1.82, 2.24) is 5.32 Å². The van der Waals surface area contributed by atoms with Crippen LogP contribution in [0.4, 0.5) is 0 Å². The summed E-state index contributed by atoms with van der Waals surface area (Å²) < 4.78 is 0. The molecular formula is C14H31NO. The van der Waals surface area contributed by atoms with Crippen LogP contribution in [0, 0.1) is 11.3 Å². The maximum absolute atomic E-state index is 9.13. The summed E-state index contributed by atoms with van der Waals surface area (Å²) in [6, 6.07) is 0.625. The summed E-state index contributed by atoms with van der Waals surface area (Å²) in [7, 11) is 0. The molecule has 0 radical (unpaired) electrons. The zero-order chi connectivity index (χ0) is 12.6. The number of aliphatic hydroxyl groups is 1. The van der Waals surface area contributed by atoms with Crippen molar-refractivity contribution in [2.24, 2.45) is 11.3 Å². The van der Waals surface area contributed by atoms with Crippen molar-refractivity contribution in [1.29, 1.82) is 0 Å². The molecule has 2 N–H and O–H groups in total. The Morgan fingerprint density at radius 3 is 2.25 bits per heavy atom. The summed E-state index contributed by atoms with van der Waals surface area (Å²) >= 11 is 0. The average molecular weight is 229 g/mol. The minimum atomic E-state index is 0.0862. The van der Waals surface area contributed by atoms with Crippen LogP contribution in [0.3, 0.4) is 0 Å². The monoisotopic (exact) mass is 229 g/mol. The van der Waals surface area contributed by atoms with Crippen LogP contribution in [-0.4, -0.2) is 24.3 Å². The SMILES string of the molecule is CC(C)CCC(C)NCCCC(C)(C)CO. The van der Waals surface area contributed by atoms with E-state index in [-0.39, 0.29) is 12.0 Å². The summed E-state index contributed by atoms with van der Waals surface area (Å²) in [5.74, 6) is 0.803. The molecule has 0 aliphatic carbocycles. The molecule has 0 heterocycles. The molecule has 0 saturated heterocycles. The van der Waals surface area contributed by atoms with E-state index < -0.39 is 0 Å². The Balaban J connectivity index is 3.44. The molecule has 1 unspecified atom stereocenters. The van der Waals surface area contributed by atoms with E-state index in [1.165, 1.54) is 12.8 Å². The molecule has 0 bridgehead atoms. The van der Waals surface area contributed by atoms with Gasteiger partial charge >= 0.3 is 0 Å². The van der Waals surface area contributed by atoms with E-state index in [1.54, 1.807) is 0 Å². The lowest BCUT2D eigenvalue weighted by Crippen LogP contribution is -2.28. The summed E-state index contributed by atoms with van der Waals surface area (Å²) in [6.45, 7) is 12.4. The first kappa shape index (κ1) is 15.9. The van der Waals surface area contributed by atoms with Crippen molar-refractivity contribution in [3.63, 3.8) is 0 Å². The molecule has 2 heteroatoms. The van der Waals surface area contributed by atoms with Crippen molar-refractivity contribution in [2.45, 2.75) is 66.3 Å². The molecule has 98 valence electrons. The number of nitrogens with one attached hydrogen (secondary N) is 1. The lowest BCUT2D eigenvalue weighted by molar-refractivity contribution is 0.147. The van der Waals surface area contributed by atoms with E-state index in [4.69, 9.17) is 5.11 Å². The second-order valence-electron chi connectivity index (χ2n) is 6.25. The number of hydrogen-bond acceptors (Lipinski definition) is 2. The van der Waals surface area contributed by atoms with E-state index in [0.717, 1.165) is 25.3 Å². The topological polar surface area (TPSA) is 32.3 Å². The Bertz CT molecular complexity index is 166. The van der Waals surface area contributed by atoms with Crippen molar-refractivity contribution < 1.29 is 5.11 Å². The van der Waals surface area contributed by atoms with E-state index in [2.05, 4.69) is 39.9 Å². The van der Waals surface area contributed by atoms with Crippen LogP contribution < -0.4 is 5.32 Å². The second kappa shape index (κ2) is 8.08. The highest BCUT2D eigenvalue weighted by atomic mass is 16.3. The molecule has 16 heavy (non-hydrogen) atoms. The van der Waals surface area contributed by atoms with Crippen molar-refractivity contribution in [3.05, 3.63) is 0 Å². The maximum atomic E-state index is 9.13. The highest BCUT2D eigenvalue weighted by Crippen LogP contribution is 2.20. The van der Waals surface area contributed by atoms with Gasteiger partial charge in [-0.1, -0.05) is 27.7 Å². The van der Waals surface area contributed by atoms with Gasteiger partial charge in [0.25, 0.3) is 0 Å². The molecule has 0 spiro atoms. The summed E-state index contributed by atoms with van der Waals surface area (Å²) in [6.07, 6.45) is 4.81. The van der Waals surface area contributed by atoms with Crippen LogP contribution >= 0.6 is 0 Å². The molecule has 0 aromatic rings. The van der Waals surface area contributed by atoms with Gasteiger partial charge < -0.3 is 10.4 Å². The third kappa shape index (κ3) is 9.17. The van der Waals surface area contributed by atoms with Gasteiger partial charge in [-0.15, -0.1) is 0 Å². The maximum Gasteiger partial charge on any atom is 0.0482 e. The highest BCUT2D eigenvalue weighted by Gasteiger charge is 2.15. The standard InChI is InChI=1S/C14H31NO/c1-12(2)7-8-13(3)15-10-6-9-14(4,5)11-16/h12-13,15-16H,6-11H2,1-5H3. The van der Waals surface area contributed by atoms with Gasteiger partial charge in [-0.2, -0.15) is 0 Å². The lowest BCUT2D eigenvalue weighted by Gasteiger charge is -2.22. The lowest BCUT2D eigenvalue weighted by atomic mass is 9.89. The Morgan fingerprint density at radius 2 is 1.75 bits per heavy atom. The van der Waals surface area contributed by atoms with Crippen molar-refractivity contribution in [3.8, 4) is 0 Å². The summed E-state index contributed by atoms with van der Waals surface area (Å²) in [5.41, 5.74) is 0.0862. The van der Waals surface area contributed by atoms with Crippen molar-refractivity contribution in [2.75, 3.05) is 13.2 Å². The fourth-order valence-corrected chi connectivity index (χ4v) is 1.68. The molecule has 0 aliphatic heterocycles. The fourth-order valence-electron chi connectivity index (χ4n) is 1.68. The summed E-state index contributed by atoms with van der Waals surface area (Å²) in [5, 5.41) is 12.7. The van der Waals surface area contributed by atoms with E-state index in [9.17, 15) is 0 Å². The molecule has 0 aromatic carbocycles. The Morgan fingerprint density at radius 1 is 1.12 bits per heavy atom. The second-order valence-corrected chi connectivity index (χ2v) is 6.25. The Labute approximate surface area is 102 Å². The van der Waals surface area contributed by atoms with Gasteiger partial charge in [0.1, 0.15) is 0 Å². The van der Waals surface area contributed by atoms with Crippen LogP contribution in [0.25, 0.3) is 0 Å². The molecule has 2 nitrogen and oxygen atoms in total. The van der Waals surface area contributed by atoms with Crippen LogP contribution in [-0.2, 0) is 0 Å². The van der Waals surface area contributed by atoms with Gasteiger partial charge in [0, 0.05) is 12.6 Å². The molecular weight excluding hydrogens is 198 g/mol. The van der Waals surface area contributed by atoms with Crippen LogP contribution in [0.5, 0.6) is 0 Å².